The second-order valence-electron chi connectivity index (χ2n) is 10.1. The van der Waals surface area contributed by atoms with Crippen molar-refractivity contribution in [2.24, 2.45) is 10.8 Å². The number of rotatable bonds is 9. The van der Waals surface area contributed by atoms with Gasteiger partial charge in [0.25, 0.3) is 0 Å². The Morgan fingerprint density at radius 2 is 1.73 bits per heavy atom. The summed E-state index contributed by atoms with van der Waals surface area (Å²) in [7, 11) is 1.64. The van der Waals surface area contributed by atoms with Crippen LogP contribution in [0.15, 0.2) is 54.7 Å². The van der Waals surface area contributed by atoms with Crippen LogP contribution in [0.1, 0.15) is 44.1 Å². The number of nitrogens with zero attached hydrogens (tertiary/aromatic N) is 2. The van der Waals surface area contributed by atoms with Crippen molar-refractivity contribution < 1.29 is 14.6 Å². The van der Waals surface area contributed by atoms with Crippen LogP contribution in [0.25, 0.3) is 0 Å². The summed E-state index contributed by atoms with van der Waals surface area (Å²) in [5, 5.41) is 13.2. The largest absolute Gasteiger partial charge is 0.481 e. The van der Waals surface area contributed by atoms with Gasteiger partial charge in [0.05, 0.1) is 12.5 Å². The number of hydrogen-bond acceptors (Lipinski definition) is 5. The maximum Gasteiger partial charge on any atom is 0.310 e. The minimum atomic E-state index is -0.612. The summed E-state index contributed by atoms with van der Waals surface area (Å²) in [6.07, 6.45) is 9.44. The molecule has 2 saturated carbocycles. The van der Waals surface area contributed by atoms with E-state index < -0.39 is 11.4 Å². The molecule has 0 spiro atoms. The summed E-state index contributed by atoms with van der Waals surface area (Å²) < 4.78 is 5.18. The Kier molecular flexibility index (Phi) is 7.66. The van der Waals surface area contributed by atoms with Crippen molar-refractivity contribution in [2.45, 2.75) is 51.0 Å². The number of aromatic nitrogens is 1. The number of benzene rings is 1. The van der Waals surface area contributed by atoms with E-state index in [-0.39, 0.29) is 5.41 Å². The molecule has 0 radical (unpaired) electrons. The minimum Gasteiger partial charge on any atom is -0.481 e. The average molecular weight is 452 g/mol. The first kappa shape index (κ1) is 23.7. The molecule has 5 rings (SSSR count). The Bertz CT molecular complexity index is 845. The number of methoxy groups -OCH3 is 1. The van der Waals surface area contributed by atoms with Crippen LogP contribution < -0.4 is 10.1 Å². The molecular weight excluding hydrogens is 414 g/mol. The second-order valence-corrected chi connectivity index (χ2v) is 10.1. The summed E-state index contributed by atoms with van der Waals surface area (Å²) in [6, 6.07) is 16.8. The minimum absolute atomic E-state index is 0.231. The fraction of sp³-hybridized carbons (Fsp3) is 0.556. The van der Waals surface area contributed by atoms with Crippen LogP contribution in [0.2, 0.25) is 0 Å². The molecule has 1 aromatic heterocycles. The standard InChI is InChI=1S/C21H31N3O3.C6H6/c1-27-18-5-2-16(13-22-18)12-20(14-23-17-3-4-17)8-10-24(11-9-20)15-21(6-7-21)19(25)26;1-2-4-6-5-3-1/h2,5,13,17,23H,3-4,6-12,14-15H2,1H3,(H,25,26);1-6H. The number of ether oxygens (including phenoxy) is 1. The van der Waals surface area contributed by atoms with Gasteiger partial charge in [-0.1, -0.05) is 42.5 Å². The van der Waals surface area contributed by atoms with Crippen molar-refractivity contribution in [3.63, 3.8) is 0 Å². The van der Waals surface area contributed by atoms with Crippen molar-refractivity contribution in [1.82, 2.24) is 15.2 Å². The molecule has 0 unspecified atom stereocenters. The van der Waals surface area contributed by atoms with Crippen molar-refractivity contribution >= 4 is 5.97 Å². The molecule has 2 heterocycles. The zero-order valence-electron chi connectivity index (χ0n) is 19.7. The third kappa shape index (κ3) is 6.78. The van der Waals surface area contributed by atoms with Crippen LogP contribution >= 0.6 is 0 Å². The zero-order valence-corrected chi connectivity index (χ0v) is 19.7. The lowest BCUT2D eigenvalue weighted by molar-refractivity contribution is -0.144. The molecule has 1 saturated heterocycles. The average Bonchev–Trinajstić information content (AvgIpc) is 3.78. The van der Waals surface area contributed by atoms with E-state index in [1.165, 1.54) is 18.4 Å². The number of likely N-dealkylation sites (tertiary alicyclic amines) is 1. The number of piperidine rings is 1. The maximum absolute atomic E-state index is 11.5. The number of aliphatic carboxylic acids is 1. The number of carboxylic acids is 1. The highest BCUT2D eigenvalue weighted by Crippen LogP contribution is 2.47. The van der Waals surface area contributed by atoms with Crippen LogP contribution in [-0.2, 0) is 11.2 Å². The third-order valence-corrected chi connectivity index (χ3v) is 7.35. The van der Waals surface area contributed by atoms with E-state index in [0.29, 0.717) is 11.9 Å². The topological polar surface area (TPSA) is 74.7 Å². The van der Waals surface area contributed by atoms with E-state index in [1.54, 1.807) is 7.11 Å². The molecule has 3 aliphatic rings. The number of carbonyl (C=O) groups is 1. The summed E-state index contributed by atoms with van der Waals surface area (Å²) in [5.41, 5.74) is 1.03. The molecule has 2 N–H and O–H groups in total. The smallest absolute Gasteiger partial charge is 0.310 e. The van der Waals surface area contributed by atoms with Gasteiger partial charge in [-0.3, -0.25) is 4.79 Å². The molecule has 0 bridgehead atoms. The lowest BCUT2D eigenvalue weighted by Gasteiger charge is -2.43. The Labute approximate surface area is 197 Å². The predicted octanol–water partition coefficient (Wildman–Crippen LogP) is 4.02. The summed E-state index contributed by atoms with van der Waals surface area (Å²) in [5.74, 6) is 0.0428. The van der Waals surface area contributed by atoms with Crippen molar-refractivity contribution in [1.29, 1.82) is 0 Å². The molecule has 6 nitrogen and oxygen atoms in total. The molecule has 0 amide bonds. The fourth-order valence-corrected chi connectivity index (χ4v) is 4.72. The van der Waals surface area contributed by atoms with Gasteiger partial charge in [-0.25, -0.2) is 4.98 Å². The van der Waals surface area contributed by atoms with Crippen LogP contribution in [-0.4, -0.2) is 60.3 Å². The van der Waals surface area contributed by atoms with E-state index in [0.717, 1.165) is 58.3 Å². The lowest BCUT2D eigenvalue weighted by Crippen LogP contribution is -2.48. The SMILES string of the molecule is COc1ccc(CC2(CNC3CC3)CCN(CC3(C(=O)O)CC3)CC2)cn1.c1ccccc1. The van der Waals surface area contributed by atoms with E-state index in [9.17, 15) is 9.90 Å². The van der Waals surface area contributed by atoms with Gasteiger partial charge in [0.1, 0.15) is 0 Å². The zero-order chi connectivity index (χ0) is 23.2. The predicted molar refractivity (Wildman–Crippen MR) is 129 cm³/mol. The molecule has 0 atom stereocenters. The first-order valence-corrected chi connectivity index (χ1v) is 12.2. The molecule has 6 heteroatoms. The summed E-state index contributed by atoms with van der Waals surface area (Å²) >= 11 is 0. The lowest BCUT2D eigenvalue weighted by atomic mass is 9.73. The van der Waals surface area contributed by atoms with E-state index in [2.05, 4.69) is 21.3 Å². The van der Waals surface area contributed by atoms with Crippen LogP contribution in [0.5, 0.6) is 5.88 Å². The van der Waals surface area contributed by atoms with Crippen LogP contribution in [0.3, 0.4) is 0 Å². The Morgan fingerprint density at radius 1 is 1.09 bits per heavy atom. The van der Waals surface area contributed by atoms with Crippen molar-refractivity contribution in [2.75, 3.05) is 33.3 Å². The molecule has 2 aliphatic carbocycles. The van der Waals surface area contributed by atoms with Gasteiger partial charge in [-0.2, -0.15) is 0 Å². The Balaban J connectivity index is 0.000000376. The highest BCUT2D eigenvalue weighted by Gasteiger charge is 2.51. The van der Waals surface area contributed by atoms with Gasteiger partial charge in [-0.05, 0) is 69.0 Å². The van der Waals surface area contributed by atoms with E-state index >= 15 is 0 Å². The monoisotopic (exact) mass is 451 g/mol. The molecule has 3 fully saturated rings. The van der Waals surface area contributed by atoms with Gasteiger partial charge in [0, 0.05) is 31.4 Å². The van der Waals surface area contributed by atoms with Gasteiger partial charge in [-0.15, -0.1) is 0 Å². The number of hydrogen-bond donors (Lipinski definition) is 2. The van der Waals surface area contributed by atoms with Gasteiger partial charge in [0.2, 0.25) is 5.88 Å². The molecular formula is C27H37N3O3. The quantitative estimate of drug-likeness (QED) is 0.600. The molecule has 2 aromatic rings. The third-order valence-electron chi connectivity index (χ3n) is 7.35. The molecule has 1 aliphatic heterocycles. The van der Waals surface area contributed by atoms with Crippen molar-refractivity contribution in [3.05, 3.63) is 60.3 Å². The number of carboxylic acid groups (broad SMARTS) is 1. The highest BCUT2D eigenvalue weighted by molar-refractivity contribution is 5.78. The van der Waals surface area contributed by atoms with Gasteiger partial charge in [0.15, 0.2) is 0 Å². The van der Waals surface area contributed by atoms with Gasteiger partial charge >= 0.3 is 5.97 Å². The van der Waals surface area contributed by atoms with Crippen LogP contribution in [0, 0.1) is 10.8 Å². The second kappa shape index (κ2) is 10.7. The number of nitrogens with one attached hydrogen (secondary N) is 1. The van der Waals surface area contributed by atoms with Crippen molar-refractivity contribution in [3.8, 4) is 5.88 Å². The van der Waals surface area contributed by atoms with E-state index in [4.69, 9.17) is 4.74 Å². The Hall–Kier alpha value is -2.44. The summed E-state index contributed by atoms with van der Waals surface area (Å²) in [6.45, 7) is 3.75. The molecule has 1 aromatic carbocycles. The number of pyridine rings is 1. The Morgan fingerprint density at radius 3 is 2.18 bits per heavy atom. The first-order valence-electron chi connectivity index (χ1n) is 12.2. The fourth-order valence-electron chi connectivity index (χ4n) is 4.72. The maximum atomic E-state index is 11.5. The van der Waals surface area contributed by atoms with Gasteiger partial charge < -0.3 is 20.1 Å². The normalized spacial score (nSPS) is 20.9. The highest BCUT2D eigenvalue weighted by atomic mass is 16.5. The van der Waals surface area contributed by atoms with E-state index in [1.807, 2.05) is 48.7 Å². The first-order chi connectivity index (χ1) is 16.0. The molecule has 33 heavy (non-hydrogen) atoms. The molecule has 178 valence electrons. The summed E-state index contributed by atoms with van der Waals surface area (Å²) in [4.78, 5) is 18.3. The van der Waals surface area contributed by atoms with Crippen LogP contribution in [0.4, 0.5) is 0 Å².